The number of rotatable bonds is 3. The third-order valence-electron chi connectivity index (χ3n) is 2.31. The third-order valence-corrected chi connectivity index (χ3v) is 3.63. The van der Waals surface area contributed by atoms with Gasteiger partial charge in [0.25, 0.3) is 0 Å². The highest BCUT2D eigenvalue weighted by Crippen LogP contribution is 2.32. The van der Waals surface area contributed by atoms with Crippen molar-refractivity contribution in [1.82, 2.24) is 0 Å². The monoisotopic (exact) mass is 278 g/mol. The third kappa shape index (κ3) is 2.97. The zero-order valence-electron chi connectivity index (χ0n) is 9.39. The largest absolute Gasteiger partial charge is 0.399 e. The van der Waals surface area contributed by atoms with Crippen molar-refractivity contribution in [3.8, 4) is 0 Å². The summed E-state index contributed by atoms with van der Waals surface area (Å²) in [5.74, 6) is -0.466. The normalized spacial score (nSPS) is 10.3. The minimum atomic E-state index is -0.466. The van der Waals surface area contributed by atoms with E-state index in [1.54, 1.807) is 30.3 Å². The van der Waals surface area contributed by atoms with Crippen LogP contribution in [-0.2, 0) is 0 Å². The van der Waals surface area contributed by atoms with E-state index in [0.717, 1.165) is 9.79 Å². The molecule has 92 valence electrons. The zero-order valence-corrected chi connectivity index (χ0v) is 11.0. The Balaban J connectivity index is 2.35. The second-order valence-electron chi connectivity index (χ2n) is 3.68. The number of primary amides is 1. The zero-order chi connectivity index (χ0) is 13.1. The number of carbonyl (C=O) groups is 1. The molecule has 2 aromatic rings. The lowest BCUT2D eigenvalue weighted by molar-refractivity contribution is 0.0997. The number of anilines is 1. The van der Waals surface area contributed by atoms with E-state index in [4.69, 9.17) is 23.1 Å². The van der Waals surface area contributed by atoms with Gasteiger partial charge < -0.3 is 11.5 Å². The number of amides is 1. The fraction of sp³-hybridized carbons (Fsp3) is 0. The van der Waals surface area contributed by atoms with Crippen LogP contribution in [0.5, 0.6) is 0 Å². The van der Waals surface area contributed by atoms with E-state index in [9.17, 15) is 4.79 Å². The van der Waals surface area contributed by atoms with Gasteiger partial charge in [-0.15, -0.1) is 0 Å². The van der Waals surface area contributed by atoms with Gasteiger partial charge in [-0.3, -0.25) is 4.79 Å². The van der Waals surface area contributed by atoms with Crippen LogP contribution in [0.2, 0.25) is 5.02 Å². The Morgan fingerprint density at radius 3 is 2.39 bits per heavy atom. The molecule has 0 radical (unpaired) electrons. The first kappa shape index (κ1) is 12.8. The second-order valence-corrected chi connectivity index (χ2v) is 5.23. The van der Waals surface area contributed by atoms with Gasteiger partial charge in [-0.05, 0) is 42.5 Å². The van der Waals surface area contributed by atoms with Crippen LogP contribution in [0.25, 0.3) is 0 Å². The fourth-order valence-corrected chi connectivity index (χ4v) is 2.58. The van der Waals surface area contributed by atoms with Crippen molar-refractivity contribution < 1.29 is 4.79 Å². The quantitative estimate of drug-likeness (QED) is 0.847. The van der Waals surface area contributed by atoms with Crippen molar-refractivity contribution in [2.75, 3.05) is 5.73 Å². The van der Waals surface area contributed by atoms with Gasteiger partial charge in [0, 0.05) is 20.5 Å². The van der Waals surface area contributed by atoms with Crippen LogP contribution >= 0.6 is 23.4 Å². The van der Waals surface area contributed by atoms with Crippen LogP contribution < -0.4 is 11.5 Å². The van der Waals surface area contributed by atoms with Gasteiger partial charge in [0.2, 0.25) is 5.91 Å². The molecule has 4 N–H and O–H groups in total. The van der Waals surface area contributed by atoms with E-state index in [1.807, 2.05) is 12.1 Å². The van der Waals surface area contributed by atoms with Crippen LogP contribution in [0.1, 0.15) is 10.4 Å². The second kappa shape index (κ2) is 5.33. The van der Waals surface area contributed by atoms with Gasteiger partial charge >= 0.3 is 0 Å². The van der Waals surface area contributed by atoms with E-state index >= 15 is 0 Å². The summed E-state index contributed by atoms with van der Waals surface area (Å²) in [6.45, 7) is 0. The number of hydrogen-bond acceptors (Lipinski definition) is 3. The molecule has 0 bridgehead atoms. The predicted octanol–water partition coefficient (Wildman–Crippen LogP) is 3.17. The van der Waals surface area contributed by atoms with E-state index in [1.165, 1.54) is 11.8 Å². The van der Waals surface area contributed by atoms with Crippen molar-refractivity contribution in [2.45, 2.75) is 9.79 Å². The lowest BCUT2D eigenvalue weighted by Crippen LogP contribution is -2.12. The lowest BCUT2D eigenvalue weighted by atomic mass is 10.2. The lowest BCUT2D eigenvalue weighted by Gasteiger charge is -2.07. The topological polar surface area (TPSA) is 69.1 Å². The molecule has 0 aliphatic heterocycles. The van der Waals surface area contributed by atoms with Gasteiger partial charge in [0.15, 0.2) is 0 Å². The minimum Gasteiger partial charge on any atom is -0.399 e. The molecule has 0 atom stereocenters. The molecule has 0 aliphatic rings. The number of halogens is 1. The first-order valence-corrected chi connectivity index (χ1v) is 6.38. The van der Waals surface area contributed by atoms with Gasteiger partial charge in [-0.2, -0.15) is 0 Å². The molecular weight excluding hydrogens is 268 g/mol. The van der Waals surface area contributed by atoms with Crippen LogP contribution in [0.3, 0.4) is 0 Å². The summed E-state index contributed by atoms with van der Waals surface area (Å²) in [7, 11) is 0. The predicted molar refractivity (Wildman–Crippen MR) is 74.9 cm³/mol. The molecule has 2 aromatic carbocycles. The minimum absolute atomic E-state index is 0.462. The van der Waals surface area contributed by atoms with E-state index in [2.05, 4.69) is 0 Å². The molecule has 0 saturated carbocycles. The molecule has 3 nitrogen and oxygen atoms in total. The number of benzene rings is 2. The Morgan fingerprint density at radius 2 is 1.78 bits per heavy atom. The van der Waals surface area contributed by atoms with Crippen LogP contribution in [0.4, 0.5) is 5.69 Å². The molecule has 0 fully saturated rings. The van der Waals surface area contributed by atoms with E-state index in [0.29, 0.717) is 16.3 Å². The summed E-state index contributed by atoms with van der Waals surface area (Å²) >= 11 is 7.24. The smallest absolute Gasteiger partial charge is 0.249 e. The van der Waals surface area contributed by atoms with Gasteiger partial charge in [-0.1, -0.05) is 23.4 Å². The van der Waals surface area contributed by atoms with Crippen molar-refractivity contribution >= 4 is 35.0 Å². The molecule has 1 amide bonds. The highest BCUT2D eigenvalue weighted by Gasteiger charge is 2.09. The number of nitrogen functional groups attached to an aromatic ring is 1. The summed E-state index contributed by atoms with van der Waals surface area (Å²) in [6.07, 6.45) is 0. The molecule has 0 saturated heterocycles. The van der Waals surface area contributed by atoms with Crippen LogP contribution in [0, 0.1) is 0 Å². The Hall–Kier alpha value is -1.65. The first-order valence-electron chi connectivity index (χ1n) is 5.19. The first-order chi connectivity index (χ1) is 8.56. The number of hydrogen-bond donors (Lipinski definition) is 2. The SMILES string of the molecule is NC(=O)c1ccc(N)cc1Sc1ccc(Cl)cc1. The maximum absolute atomic E-state index is 11.3. The summed E-state index contributed by atoms with van der Waals surface area (Å²) in [5.41, 5.74) is 12.1. The van der Waals surface area contributed by atoms with Crippen molar-refractivity contribution in [3.05, 3.63) is 53.1 Å². The number of carbonyl (C=O) groups excluding carboxylic acids is 1. The Morgan fingerprint density at radius 1 is 1.11 bits per heavy atom. The van der Waals surface area contributed by atoms with Crippen molar-refractivity contribution in [1.29, 1.82) is 0 Å². The summed E-state index contributed by atoms with van der Waals surface area (Å²) < 4.78 is 0. The maximum atomic E-state index is 11.3. The maximum Gasteiger partial charge on any atom is 0.249 e. The highest BCUT2D eigenvalue weighted by molar-refractivity contribution is 7.99. The van der Waals surface area contributed by atoms with Gasteiger partial charge in [0.1, 0.15) is 0 Å². The molecule has 0 heterocycles. The van der Waals surface area contributed by atoms with Gasteiger partial charge in [0.05, 0.1) is 5.56 Å². The van der Waals surface area contributed by atoms with Crippen LogP contribution in [-0.4, -0.2) is 5.91 Å². The number of nitrogens with two attached hydrogens (primary N) is 2. The molecule has 0 spiro atoms. The molecule has 5 heteroatoms. The van der Waals surface area contributed by atoms with Crippen molar-refractivity contribution in [2.24, 2.45) is 5.73 Å². The van der Waals surface area contributed by atoms with Crippen molar-refractivity contribution in [3.63, 3.8) is 0 Å². The molecule has 2 rings (SSSR count). The van der Waals surface area contributed by atoms with Crippen LogP contribution in [0.15, 0.2) is 52.3 Å². The molecule has 0 aliphatic carbocycles. The Bertz CT molecular complexity index is 584. The Kier molecular flexibility index (Phi) is 3.79. The molecule has 0 aromatic heterocycles. The van der Waals surface area contributed by atoms with Gasteiger partial charge in [-0.25, -0.2) is 0 Å². The fourth-order valence-electron chi connectivity index (χ4n) is 1.46. The molecular formula is C13H11ClN2OS. The van der Waals surface area contributed by atoms with E-state index < -0.39 is 5.91 Å². The summed E-state index contributed by atoms with van der Waals surface area (Å²) in [4.78, 5) is 13.0. The molecule has 0 unspecified atom stereocenters. The summed E-state index contributed by atoms with van der Waals surface area (Å²) in [6, 6.07) is 12.4. The van der Waals surface area contributed by atoms with E-state index in [-0.39, 0.29) is 0 Å². The average Bonchev–Trinajstić information content (AvgIpc) is 2.32. The highest BCUT2D eigenvalue weighted by atomic mass is 35.5. The summed E-state index contributed by atoms with van der Waals surface area (Å²) in [5, 5.41) is 0.669. The molecule has 18 heavy (non-hydrogen) atoms. The average molecular weight is 279 g/mol. The Labute approximate surface area is 114 Å². The standard InChI is InChI=1S/C13H11ClN2OS/c14-8-1-4-10(5-2-8)18-12-7-9(15)3-6-11(12)13(16)17/h1-7H,15H2,(H2,16,17).